The standard InChI is InChI=1S/C24H22N2O3/c1-16(13-17-11-12-21-22(14-17)29-15-28-21)23-25-20-10-6-5-9-19(20)24(27)26(23)18-7-3-2-4-8-18/h2-12,14,16,23,25H,13,15H2,1H3/t16-,23+/m0/s1. The van der Waals surface area contributed by atoms with Crippen LogP contribution in [-0.2, 0) is 6.42 Å². The lowest BCUT2D eigenvalue weighted by Crippen LogP contribution is -2.52. The monoisotopic (exact) mass is 386 g/mol. The van der Waals surface area contributed by atoms with E-state index < -0.39 is 0 Å². The Kier molecular flexibility index (Phi) is 4.35. The molecule has 29 heavy (non-hydrogen) atoms. The molecule has 0 aliphatic carbocycles. The molecular formula is C24H22N2O3. The molecule has 2 heterocycles. The zero-order valence-corrected chi connectivity index (χ0v) is 16.2. The summed E-state index contributed by atoms with van der Waals surface area (Å²) in [7, 11) is 0. The van der Waals surface area contributed by atoms with E-state index in [9.17, 15) is 4.79 Å². The maximum absolute atomic E-state index is 13.4. The van der Waals surface area contributed by atoms with Gasteiger partial charge in [-0.05, 0) is 54.3 Å². The van der Waals surface area contributed by atoms with Gasteiger partial charge in [0.15, 0.2) is 11.5 Å². The molecule has 0 unspecified atom stereocenters. The van der Waals surface area contributed by atoms with Gasteiger partial charge in [0.05, 0.1) is 5.56 Å². The summed E-state index contributed by atoms with van der Waals surface area (Å²) in [5.74, 6) is 1.75. The largest absolute Gasteiger partial charge is 0.454 e. The van der Waals surface area contributed by atoms with Crippen LogP contribution in [-0.4, -0.2) is 18.9 Å². The molecule has 2 atom stereocenters. The molecule has 146 valence electrons. The van der Waals surface area contributed by atoms with Crippen molar-refractivity contribution in [3.63, 3.8) is 0 Å². The summed E-state index contributed by atoms with van der Waals surface area (Å²) in [6.07, 6.45) is 0.637. The number of carbonyl (C=O) groups is 1. The van der Waals surface area contributed by atoms with Gasteiger partial charge in [0.25, 0.3) is 5.91 Å². The fraction of sp³-hybridized carbons (Fsp3) is 0.208. The highest BCUT2D eigenvalue weighted by atomic mass is 16.7. The number of fused-ring (bicyclic) bond motifs is 2. The number of anilines is 2. The van der Waals surface area contributed by atoms with Gasteiger partial charge in [-0.1, -0.05) is 43.3 Å². The molecule has 3 aromatic rings. The lowest BCUT2D eigenvalue weighted by molar-refractivity contribution is 0.0967. The number of carbonyl (C=O) groups excluding carboxylic acids is 1. The molecule has 1 N–H and O–H groups in total. The molecule has 0 bridgehead atoms. The third-order valence-electron chi connectivity index (χ3n) is 5.53. The number of para-hydroxylation sites is 2. The van der Waals surface area contributed by atoms with E-state index in [0.29, 0.717) is 5.56 Å². The summed E-state index contributed by atoms with van der Waals surface area (Å²) in [5.41, 5.74) is 3.63. The molecule has 0 saturated carbocycles. The molecular weight excluding hydrogens is 364 g/mol. The number of ether oxygens (including phenoxy) is 2. The molecule has 0 fully saturated rings. The SMILES string of the molecule is C[C@@H](Cc1ccc2c(c1)OCO2)[C@@H]1Nc2ccccc2C(=O)N1c1ccccc1. The third kappa shape index (κ3) is 3.18. The molecule has 2 aliphatic rings. The summed E-state index contributed by atoms with van der Waals surface area (Å²) in [4.78, 5) is 15.3. The fourth-order valence-corrected chi connectivity index (χ4v) is 4.09. The van der Waals surface area contributed by atoms with Crippen molar-refractivity contribution in [1.29, 1.82) is 0 Å². The number of benzene rings is 3. The van der Waals surface area contributed by atoms with Crippen LogP contribution in [0.2, 0.25) is 0 Å². The number of hydrogen-bond acceptors (Lipinski definition) is 4. The predicted molar refractivity (Wildman–Crippen MR) is 113 cm³/mol. The topological polar surface area (TPSA) is 50.8 Å². The minimum Gasteiger partial charge on any atom is -0.454 e. The van der Waals surface area contributed by atoms with Crippen molar-refractivity contribution in [2.45, 2.75) is 19.5 Å². The first-order valence-corrected chi connectivity index (χ1v) is 9.83. The van der Waals surface area contributed by atoms with Crippen LogP contribution in [0.15, 0.2) is 72.8 Å². The average Bonchev–Trinajstić information content (AvgIpc) is 3.22. The molecule has 0 saturated heterocycles. The van der Waals surface area contributed by atoms with Crippen LogP contribution < -0.4 is 19.7 Å². The van der Waals surface area contributed by atoms with Crippen LogP contribution in [0.5, 0.6) is 11.5 Å². The average molecular weight is 386 g/mol. The quantitative estimate of drug-likeness (QED) is 0.707. The van der Waals surface area contributed by atoms with Crippen molar-refractivity contribution >= 4 is 17.3 Å². The second kappa shape index (κ2) is 7.17. The van der Waals surface area contributed by atoms with E-state index in [-0.39, 0.29) is 24.8 Å². The summed E-state index contributed by atoms with van der Waals surface area (Å²) >= 11 is 0. The Morgan fingerprint density at radius 1 is 1.00 bits per heavy atom. The van der Waals surface area contributed by atoms with Gasteiger partial charge >= 0.3 is 0 Å². The number of nitrogens with zero attached hydrogens (tertiary/aromatic N) is 1. The Hall–Kier alpha value is -3.47. The van der Waals surface area contributed by atoms with Gasteiger partial charge in [0.1, 0.15) is 6.17 Å². The minimum atomic E-state index is -0.162. The van der Waals surface area contributed by atoms with Crippen LogP contribution in [0.4, 0.5) is 11.4 Å². The van der Waals surface area contributed by atoms with E-state index in [4.69, 9.17) is 9.47 Å². The second-order valence-electron chi connectivity index (χ2n) is 7.51. The molecule has 0 aromatic heterocycles. The summed E-state index contributed by atoms with van der Waals surface area (Å²) in [6.45, 7) is 2.44. The van der Waals surface area contributed by atoms with E-state index in [2.05, 4.69) is 18.3 Å². The Morgan fingerprint density at radius 2 is 1.76 bits per heavy atom. The van der Waals surface area contributed by atoms with Gasteiger partial charge in [-0.25, -0.2) is 0 Å². The number of nitrogens with one attached hydrogen (secondary N) is 1. The number of amides is 1. The molecule has 5 heteroatoms. The van der Waals surface area contributed by atoms with Crippen molar-refractivity contribution in [1.82, 2.24) is 0 Å². The van der Waals surface area contributed by atoms with Crippen molar-refractivity contribution < 1.29 is 14.3 Å². The summed E-state index contributed by atoms with van der Waals surface area (Å²) in [5, 5.41) is 3.60. The highest BCUT2D eigenvalue weighted by molar-refractivity contribution is 6.12. The highest BCUT2D eigenvalue weighted by Crippen LogP contribution is 2.36. The van der Waals surface area contributed by atoms with Crippen molar-refractivity contribution in [2.24, 2.45) is 5.92 Å². The third-order valence-corrected chi connectivity index (χ3v) is 5.53. The van der Waals surface area contributed by atoms with Crippen molar-refractivity contribution in [3.8, 4) is 11.5 Å². The molecule has 1 amide bonds. The summed E-state index contributed by atoms with van der Waals surface area (Å²) < 4.78 is 10.9. The minimum absolute atomic E-state index is 0.0214. The zero-order chi connectivity index (χ0) is 19.8. The van der Waals surface area contributed by atoms with E-state index in [0.717, 1.165) is 34.9 Å². The van der Waals surface area contributed by atoms with Gasteiger partial charge in [-0.2, -0.15) is 0 Å². The first-order valence-electron chi connectivity index (χ1n) is 9.83. The maximum atomic E-state index is 13.4. The van der Waals surface area contributed by atoms with E-state index in [1.54, 1.807) is 0 Å². The Morgan fingerprint density at radius 3 is 2.62 bits per heavy atom. The Balaban J connectivity index is 1.48. The number of rotatable bonds is 4. The normalized spacial score (nSPS) is 18.2. The van der Waals surface area contributed by atoms with Gasteiger partial charge in [-0.15, -0.1) is 0 Å². The Bertz CT molecular complexity index is 1050. The van der Waals surface area contributed by atoms with Crippen LogP contribution >= 0.6 is 0 Å². The molecule has 0 radical (unpaired) electrons. The predicted octanol–water partition coefficient (Wildman–Crippen LogP) is 4.69. The Labute approximate surface area is 169 Å². The second-order valence-corrected chi connectivity index (χ2v) is 7.51. The number of hydrogen-bond donors (Lipinski definition) is 1. The van der Waals surface area contributed by atoms with Crippen LogP contribution in [0.25, 0.3) is 0 Å². The maximum Gasteiger partial charge on any atom is 0.262 e. The lowest BCUT2D eigenvalue weighted by atomic mass is 9.94. The molecule has 3 aromatic carbocycles. The molecule has 0 spiro atoms. The summed E-state index contributed by atoms with van der Waals surface area (Å²) in [6, 6.07) is 23.6. The molecule has 5 nitrogen and oxygen atoms in total. The van der Waals surface area contributed by atoms with E-state index in [1.807, 2.05) is 71.6 Å². The van der Waals surface area contributed by atoms with Gasteiger partial charge < -0.3 is 14.8 Å². The lowest BCUT2D eigenvalue weighted by Gasteiger charge is -2.41. The van der Waals surface area contributed by atoms with E-state index in [1.165, 1.54) is 0 Å². The van der Waals surface area contributed by atoms with Crippen LogP contribution in [0.1, 0.15) is 22.8 Å². The molecule has 2 aliphatic heterocycles. The van der Waals surface area contributed by atoms with Crippen molar-refractivity contribution in [2.75, 3.05) is 17.0 Å². The van der Waals surface area contributed by atoms with Crippen LogP contribution in [0, 0.1) is 5.92 Å². The van der Waals surface area contributed by atoms with E-state index >= 15 is 0 Å². The first-order chi connectivity index (χ1) is 14.2. The highest BCUT2D eigenvalue weighted by Gasteiger charge is 2.36. The first kappa shape index (κ1) is 17.6. The van der Waals surface area contributed by atoms with Crippen LogP contribution in [0.3, 0.4) is 0 Å². The smallest absolute Gasteiger partial charge is 0.262 e. The zero-order valence-electron chi connectivity index (χ0n) is 16.2. The molecule has 5 rings (SSSR count). The van der Waals surface area contributed by atoms with Gasteiger partial charge in [0, 0.05) is 11.4 Å². The van der Waals surface area contributed by atoms with Crippen molar-refractivity contribution in [3.05, 3.63) is 83.9 Å². The van der Waals surface area contributed by atoms with Gasteiger partial charge in [0.2, 0.25) is 6.79 Å². The fourth-order valence-electron chi connectivity index (χ4n) is 4.09. The van der Waals surface area contributed by atoms with Gasteiger partial charge in [-0.3, -0.25) is 9.69 Å².